The van der Waals surface area contributed by atoms with E-state index >= 15 is 0 Å². The Hall–Kier alpha value is -1.59. The number of phenolic OH excluding ortho intramolecular Hbond substituents is 1. The number of benzene rings is 1. The van der Waals surface area contributed by atoms with E-state index in [2.05, 4.69) is 17.6 Å². The summed E-state index contributed by atoms with van der Waals surface area (Å²) in [5, 5.41) is 15.7. The predicted molar refractivity (Wildman–Crippen MR) is 77.9 cm³/mol. The molecule has 3 N–H and O–H groups in total. The lowest BCUT2D eigenvalue weighted by atomic mass is 10.0. The van der Waals surface area contributed by atoms with Crippen molar-refractivity contribution >= 4 is 11.6 Å². The molecule has 0 saturated carbocycles. The van der Waals surface area contributed by atoms with Crippen molar-refractivity contribution in [2.75, 3.05) is 25.1 Å². The number of amides is 1. The van der Waals surface area contributed by atoms with E-state index in [-0.39, 0.29) is 23.6 Å². The zero-order chi connectivity index (χ0) is 14.5. The van der Waals surface area contributed by atoms with Crippen molar-refractivity contribution < 1.29 is 14.6 Å². The summed E-state index contributed by atoms with van der Waals surface area (Å²) in [4.78, 5) is 12.3. The van der Waals surface area contributed by atoms with Crippen LogP contribution in [-0.2, 0) is 9.53 Å². The highest BCUT2D eigenvalue weighted by Gasteiger charge is 2.33. The van der Waals surface area contributed by atoms with Crippen LogP contribution in [0.4, 0.5) is 5.69 Å². The summed E-state index contributed by atoms with van der Waals surface area (Å²) in [6, 6.07) is 5.12. The van der Waals surface area contributed by atoms with Gasteiger partial charge in [-0.1, -0.05) is 6.92 Å². The number of phenols is 1. The first-order chi connectivity index (χ1) is 9.61. The number of carbonyl (C=O) groups is 1. The first-order valence-corrected chi connectivity index (χ1v) is 7.03. The summed E-state index contributed by atoms with van der Waals surface area (Å²) in [7, 11) is 0. The van der Waals surface area contributed by atoms with Gasteiger partial charge >= 0.3 is 0 Å². The van der Waals surface area contributed by atoms with Crippen molar-refractivity contribution in [3.05, 3.63) is 23.8 Å². The Morgan fingerprint density at radius 3 is 2.95 bits per heavy atom. The minimum atomic E-state index is -0.171. The lowest BCUT2D eigenvalue weighted by Crippen LogP contribution is -2.41. The third-order valence-corrected chi connectivity index (χ3v) is 3.54. The minimum absolute atomic E-state index is 0.0406. The van der Waals surface area contributed by atoms with Gasteiger partial charge in [-0.2, -0.15) is 0 Å². The van der Waals surface area contributed by atoms with Crippen LogP contribution < -0.4 is 10.6 Å². The number of aromatic hydroxyl groups is 1. The number of carbonyl (C=O) groups excluding carboxylic acids is 1. The lowest BCUT2D eigenvalue weighted by molar-refractivity contribution is -0.120. The Balaban J connectivity index is 1.98. The Morgan fingerprint density at radius 1 is 1.45 bits per heavy atom. The summed E-state index contributed by atoms with van der Waals surface area (Å²) < 4.78 is 5.41. The molecule has 2 atom stereocenters. The van der Waals surface area contributed by atoms with Crippen molar-refractivity contribution in [1.29, 1.82) is 0 Å². The van der Waals surface area contributed by atoms with E-state index < -0.39 is 0 Å². The fourth-order valence-corrected chi connectivity index (χ4v) is 2.31. The molecule has 20 heavy (non-hydrogen) atoms. The largest absolute Gasteiger partial charge is 0.508 e. The molecule has 1 aliphatic rings. The van der Waals surface area contributed by atoms with Gasteiger partial charge in [0.25, 0.3) is 0 Å². The first-order valence-electron chi connectivity index (χ1n) is 7.03. The molecule has 5 nitrogen and oxygen atoms in total. The second kappa shape index (κ2) is 6.72. The van der Waals surface area contributed by atoms with Gasteiger partial charge < -0.3 is 20.5 Å². The van der Waals surface area contributed by atoms with E-state index in [0.717, 1.165) is 18.5 Å². The standard InChI is InChI=1S/C15H22N2O3/c1-3-6-16-13-9-20-8-12(13)15(19)17-11-4-5-14(18)10(2)7-11/h4-5,7,12-13,16,18H,3,6,8-9H2,1-2H3,(H,17,19). The summed E-state index contributed by atoms with van der Waals surface area (Å²) in [6.07, 6.45) is 1.03. The molecule has 0 aliphatic carbocycles. The number of hydrogen-bond donors (Lipinski definition) is 3. The number of rotatable bonds is 5. The van der Waals surface area contributed by atoms with Crippen LogP contribution in [0, 0.1) is 12.8 Å². The van der Waals surface area contributed by atoms with Crippen molar-refractivity contribution in [1.82, 2.24) is 5.32 Å². The van der Waals surface area contributed by atoms with E-state index in [1.165, 1.54) is 0 Å². The monoisotopic (exact) mass is 278 g/mol. The lowest BCUT2D eigenvalue weighted by Gasteiger charge is -2.18. The Kier molecular flexibility index (Phi) is 4.98. The molecule has 2 rings (SSSR count). The van der Waals surface area contributed by atoms with Gasteiger partial charge in [0, 0.05) is 11.7 Å². The molecule has 0 aromatic heterocycles. The molecule has 110 valence electrons. The van der Waals surface area contributed by atoms with Crippen LogP contribution in [0.2, 0.25) is 0 Å². The number of ether oxygens (including phenoxy) is 1. The number of anilines is 1. The maximum Gasteiger partial charge on any atom is 0.231 e. The van der Waals surface area contributed by atoms with Crippen LogP contribution in [0.5, 0.6) is 5.75 Å². The van der Waals surface area contributed by atoms with E-state index in [1.54, 1.807) is 25.1 Å². The normalized spacial score (nSPS) is 21.9. The molecule has 1 aromatic rings. The molecule has 0 radical (unpaired) electrons. The van der Waals surface area contributed by atoms with Crippen molar-refractivity contribution in [2.45, 2.75) is 26.3 Å². The maximum atomic E-state index is 12.3. The van der Waals surface area contributed by atoms with E-state index in [4.69, 9.17) is 4.74 Å². The van der Waals surface area contributed by atoms with Crippen LogP contribution in [0.25, 0.3) is 0 Å². The molecular weight excluding hydrogens is 256 g/mol. The molecule has 1 amide bonds. The molecule has 2 unspecified atom stereocenters. The van der Waals surface area contributed by atoms with Gasteiger partial charge in [-0.25, -0.2) is 0 Å². The third-order valence-electron chi connectivity index (χ3n) is 3.54. The molecule has 1 saturated heterocycles. The van der Waals surface area contributed by atoms with E-state index in [1.807, 2.05) is 0 Å². The quantitative estimate of drug-likeness (QED) is 0.716. The molecule has 1 aliphatic heterocycles. The van der Waals surface area contributed by atoms with Crippen LogP contribution in [0.15, 0.2) is 18.2 Å². The summed E-state index contributed by atoms with van der Waals surface area (Å²) in [5.74, 6) is 0.0199. The Bertz CT molecular complexity index is 476. The minimum Gasteiger partial charge on any atom is -0.508 e. The second-order valence-electron chi connectivity index (χ2n) is 5.20. The van der Waals surface area contributed by atoms with E-state index in [9.17, 15) is 9.90 Å². The highest BCUT2D eigenvalue weighted by Crippen LogP contribution is 2.22. The zero-order valence-corrected chi connectivity index (χ0v) is 12.0. The van der Waals surface area contributed by atoms with Gasteiger partial charge in [-0.15, -0.1) is 0 Å². The first kappa shape index (κ1) is 14.8. The molecular formula is C15H22N2O3. The van der Waals surface area contributed by atoms with Crippen LogP contribution in [0.3, 0.4) is 0 Å². The molecule has 0 bridgehead atoms. The average molecular weight is 278 g/mol. The molecule has 1 aromatic carbocycles. The van der Waals surface area contributed by atoms with Crippen LogP contribution in [-0.4, -0.2) is 36.8 Å². The predicted octanol–water partition coefficient (Wildman–Crippen LogP) is 1.65. The van der Waals surface area contributed by atoms with Crippen molar-refractivity contribution in [3.63, 3.8) is 0 Å². The van der Waals surface area contributed by atoms with Gasteiger partial charge in [-0.3, -0.25) is 4.79 Å². The molecule has 5 heteroatoms. The Morgan fingerprint density at radius 2 is 2.25 bits per heavy atom. The Labute approximate surface area is 119 Å². The van der Waals surface area contributed by atoms with Crippen molar-refractivity contribution in [2.24, 2.45) is 5.92 Å². The summed E-state index contributed by atoms with van der Waals surface area (Å²) in [6.45, 7) is 5.81. The fourth-order valence-electron chi connectivity index (χ4n) is 2.31. The third kappa shape index (κ3) is 3.49. The SMILES string of the molecule is CCCNC1COCC1C(=O)Nc1ccc(O)c(C)c1. The topological polar surface area (TPSA) is 70.6 Å². The highest BCUT2D eigenvalue weighted by atomic mass is 16.5. The fraction of sp³-hybridized carbons (Fsp3) is 0.533. The maximum absolute atomic E-state index is 12.3. The molecule has 1 heterocycles. The van der Waals surface area contributed by atoms with Gasteiger partial charge in [0.05, 0.1) is 19.1 Å². The van der Waals surface area contributed by atoms with Gasteiger partial charge in [0.2, 0.25) is 5.91 Å². The molecule has 1 fully saturated rings. The van der Waals surface area contributed by atoms with Gasteiger partial charge in [-0.05, 0) is 43.7 Å². The smallest absolute Gasteiger partial charge is 0.231 e. The van der Waals surface area contributed by atoms with Crippen LogP contribution in [0.1, 0.15) is 18.9 Å². The molecule has 0 spiro atoms. The number of nitrogens with one attached hydrogen (secondary N) is 2. The second-order valence-corrected chi connectivity index (χ2v) is 5.20. The summed E-state index contributed by atoms with van der Waals surface area (Å²) >= 11 is 0. The summed E-state index contributed by atoms with van der Waals surface area (Å²) in [5.41, 5.74) is 1.44. The highest BCUT2D eigenvalue weighted by molar-refractivity contribution is 5.93. The van der Waals surface area contributed by atoms with E-state index in [0.29, 0.717) is 18.9 Å². The average Bonchev–Trinajstić information content (AvgIpc) is 2.89. The number of hydrogen-bond acceptors (Lipinski definition) is 4. The van der Waals surface area contributed by atoms with Gasteiger partial charge in [0.15, 0.2) is 0 Å². The van der Waals surface area contributed by atoms with Crippen LogP contribution >= 0.6 is 0 Å². The van der Waals surface area contributed by atoms with Gasteiger partial charge in [0.1, 0.15) is 5.75 Å². The van der Waals surface area contributed by atoms with Crippen molar-refractivity contribution in [3.8, 4) is 5.75 Å². The number of aryl methyl sites for hydroxylation is 1. The zero-order valence-electron chi connectivity index (χ0n) is 12.0.